The number of allylic oxidation sites excluding steroid dienone is 1. The second kappa shape index (κ2) is 4.98. The molecule has 0 aliphatic carbocycles. The van der Waals surface area contributed by atoms with Crippen molar-refractivity contribution < 1.29 is 4.92 Å². The third-order valence-corrected chi connectivity index (χ3v) is 2.11. The lowest BCUT2D eigenvalue weighted by Gasteiger charge is -1.99. The summed E-state index contributed by atoms with van der Waals surface area (Å²) in [6.45, 7) is 0. The third kappa shape index (κ3) is 2.47. The van der Waals surface area contributed by atoms with Gasteiger partial charge in [0, 0.05) is 11.9 Å². The zero-order valence-corrected chi connectivity index (χ0v) is 8.63. The van der Waals surface area contributed by atoms with Gasteiger partial charge in [0.25, 0.3) is 5.69 Å². The van der Waals surface area contributed by atoms with Crippen molar-refractivity contribution >= 4 is 35.0 Å². The Hall–Kier alpha value is -1.06. The SMILES string of the molecule is O=[N+]([O-])c1cccc(Cl)c1C=CCCl. The Kier molecular flexibility index (Phi) is 3.92. The van der Waals surface area contributed by atoms with Crippen molar-refractivity contribution in [3.63, 3.8) is 0 Å². The summed E-state index contributed by atoms with van der Waals surface area (Å²) in [6, 6.07) is 4.54. The van der Waals surface area contributed by atoms with Crippen molar-refractivity contribution in [3.8, 4) is 0 Å². The lowest BCUT2D eigenvalue weighted by molar-refractivity contribution is -0.385. The molecular weight excluding hydrogens is 225 g/mol. The molecule has 0 spiro atoms. The van der Waals surface area contributed by atoms with E-state index in [-0.39, 0.29) is 5.69 Å². The summed E-state index contributed by atoms with van der Waals surface area (Å²) >= 11 is 11.2. The summed E-state index contributed by atoms with van der Waals surface area (Å²) in [6.07, 6.45) is 3.16. The fourth-order valence-corrected chi connectivity index (χ4v) is 1.33. The monoisotopic (exact) mass is 231 g/mol. The normalized spacial score (nSPS) is 10.7. The van der Waals surface area contributed by atoms with E-state index < -0.39 is 4.92 Å². The number of halogens is 2. The quantitative estimate of drug-likeness (QED) is 0.454. The average Bonchev–Trinajstić information content (AvgIpc) is 2.15. The van der Waals surface area contributed by atoms with Gasteiger partial charge in [-0.25, -0.2) is 0 Å². The van der Waals surface area contributed by atoms with Gasteiger partial charge in [0.15, 0.2) is 0 Å². The summed E-state index contributed by atoms with van der Waals surface area (Å²) in [5.41, 5.74) is 0.374. The van der Waals surface area contributed by atoms with Crippen molar-refractivity contribution in [2.75, 3.05) is 5.88 Å². The molecular formula is C9H7Cl2NO2. The first kappa shape index (κ1) is 11.0. The molecule has 0 saturated heterocycles. The minimum atomic E-state index is -0.472. The van der Waals surface area contributed by atoms with Crippen LogP contribution in [0.5, 0.6) is 0 Å². The first-order chi connectivity index (χ1) is 6.66. The number of rotatable bonds is 3. The van der Waals surface area contributed by atoms with Crippen LogP contribution in [0.4, 0.5) is 5.69 Å². The van der Waals surface area contributed by atoms with Gasteiger partial charge in [0.2, 0.25) is 0 Å². The molecule has 74 valence electrons. The molecule has 0 amide bonds. The first-order valence-corrected chi connectivity index (χ1v) is 4.73. The van der Waals surface area contributed by atoms with Crippen molar-refractivity contribution in [1.29, 1.82) is 0 Å². The van der Waals surface area contributed by atoms with E-state index in [0.29, 0.717) is 16.5 Å². The number of hydrogen-bond acceptors (Lipinski definition) is 2. The molecule has 0 aliphatic rings. The second-order valence-corrected chi connectivity index (χ2v) is 3.20. The molecule has 0 aromatic heterocycles. The van der Waals surface area contributed by atoms with Crippen molar-refractivity contribution in [1.82, 2.24) is 0 Å². The Labute approximate surface area is 91.1 Å². The molecule has 3 nitrogen and oxygen atoms in total. The van der Waals surface area contributed by atoms with Gasteiger partial charge < -0.3 is 0 Å². The van der Waals surface area contributed by atoms with E-state index in [2.05, 4.69) is 0 Å². The van der Waals surface area contributed by atoms with Crippen LogP contribution in [-0.2, 0) is 0 Å². The molecule has 0 aliphatic heterocycles. The summed E-state index contributed by atoms with van der Waals surface area (Å²) in [7, 11) is 0. The standard InChI is InChI=1S/C9H7Cl2NO2/c10-6-2-3-7-8(11)4-1-5-9(7)12(13)14/h1-5H,6H2. The van der Waals surface area contributed by atoms with Gasteiger partial charge in [-0.15, -0.1) is 11.6 Å². The van der Waals surface area contributed by atoms with Crippen LogP contribution in [0.25, 0.3) is 6.08 Å². The minimum absolute atomic E-state index is 0.0149. The van der Waals surface area contributed by atoms with Gasteiger partial charge in [-0.2, -0.15) is 0 Å². The highest BCUT2D eigenvalue weighted by molar-refractivity contribution is 6.32. The summed E-state index contributed by atoms with van der Waals surface area (Å²) in [5, 5.41) is 11.0. The molecule has 0 bridgehead atoms. The smallest absolute Gasteiger partial charge is 0.258 e. The van der Waals surface area contributed by atoms with Crippen LogP contribution < -0.4 is 0 Å². The van der Waals surface area contributed by atoms with E-state index in [1.54, 1.807) is 24.3 Å². The summed E-state index contributed by atoms with van der Waals surface area (Å²) in [4.78, 5) is 10.1. The number of nitro groups is 1. The van der Waals surface area contributed by atoms with Gasteiger partial charge in [-0.1, -0.05) is 23.7 Å². The van der Waals surface area contributed by atoms with E-state index in [1.165, 1.54) is 6.07 Å². The highest BCUT2D eigenvalue weighted by atomic mass is 35.5. The van der Waals surface area contributed by atoms with Crippen LogP contribution in [0.2, 0.25) is 5.02 Å². The lowest BCUT2D eigenvalue weighted by Crippen LogP contribution is -1.91. The zero-order valence-electron chi connectivity index (χ0n) is 7.11. The molecule has 0 heterocycles. The molecule has 0 saturated carbocycles. The van der Waals surface area contributed by atoms with Gasteiger partial charge >= 0.3 is 0 Å². The fourth-order valence-electron chi connectivity index (χ4n) is 1.01. The highest BCUT2D eigenvalue weighted by Crippen LogP contribution is 2.27. The largest absolute Gasteiger partial charge is 0.278 e. The molecule has 0 N–H and O–H groups in total. The molecule has 1 rings (SSSR count). The lowest BCUT2D eigenvalue weighted by atomic mass is 10.1. The Morgan fingerprint density at radius 2 is 2.21 bits per heavy atom. The van der Waals surface area contributed by atoms with Gasteiger partial charge in [0.1, 0.15) is 0 Å². The Balaban J connectivity index is 3.22. The number of benzene rings is 1. The average molecular weight is 232 g/mol. The van der Waals surface area contributed by atoms with Crippen molar-refractivity contribution in [3.05, 3.63) is 45.0 Å². The van der Waals surface area contributed by atoms with E-state index in [0.717, 1.165) is 0 Å². The molecule has 1 aromatic carbocycles. The van der Waals surface area contributed by atoms with Crippen LogP contribution in [0.3, 0.4) is 0 Å². The number of alkyl halides is 1. The Morgan fingerprint density at radius 3 is 2.79 bits per heavy atom. The topological polar surface area (TPSA) is 43.1 Å². The van der Waals surface area contributed by atoms with E-state index in [4.69, 9.17) is 23.2 Å². The molecule has 0 radical (unpaired) electrons. The van der Waals surface area contributed by atoms with Crippen molar-refractivity contribution in [2.24, 2.45) is 0 Å². The fraction of sp³-hybridized carbons (Fsp3) is 0.111. The number of nitro benzene ring substituents is 1. The van der Waals surface area contributed by atoms with Gasteiger partial charge in [-0.3, -0.25) is 10.1 Å². The summed E-state index contributed by atoms with van der Waals surface area (Å²) in [5.74, 6) is 0.294. The van der Waals surface area contributed by atoms with Crippen LogP contribution in [0.15, 0.2) is 24.3 Å². The zero-order chi connectivity index (χ0) is 10.6. The molecule has 0 fully saturated rings. The van der Waals surface area contributed by atoms with Crippen LogP contribution >= 0.6 is 23.2 Å². The Morgan fingerprint density at radius 1 is 1.50 bits per heavy atom. The molecule has 5 heteroatoms. The van der Waals surface area contributed by atoms with Crippen LogP contribution in [0, 0.1) is 10.1 Å². The second-order valence-electron chi connectivity index (χ2n) is 2.49. The van der Waals surface area contributed by atoms with E-state index in [1.807, 2.05) is 0 Å². The first-order valence-electron chi connectivity index (χ1n) is 3.82. The maximum atomic E-state index is 10.6. The van der Waals surface area contributed by atoms with Crippen molar-refractivity contribution in [2.45, 2.75) is 0 Å². The predicted octanol–water partition coefficient (Wildman–Crippen LogP) is 3.50. The molecule has 1 aromatic rings. The van der Waals surface area contributed by atoms with Gasteiger partial charge in [0.05, 0.1) is 15.5 Å². The number of nitrogens with zero attached hydrogens (tertiary/aromatic N) is 1. The predicted molar refractivity (Wildman–Crippen MR) is 57.9 cm³/mol. The van der Waals surface area contributed by atoms with Gasteiger partial charge in [-0.05, 0) is 12.1 Å². The minimum Gasteiger partial charge on any atom is -0.258 e. The van der Waals surface area contributed by atoms with Crippen LogP contribution in [-0.4, -0.2) is 10.8 Å². The van der Waals surface area contributed by atoms with E-state index >= 15 is 0 Å². The van der Waals surface area contributed by atoms with Crippen LogP contribution in [0.1, 0.15) is 5.56 Å². The third-order valence-electron chi connectivity index (χ3n) is 1.60. The Bertz CT molecular complexity index is 377. The molecule has 0 atom stereocenters. The highest BCUT2D eigenvalue weighted by Gasteiger charge is 2.13. The maximum Gasteiger partial charge on any atom is 0.278 e. The van der Waals surface area contributed by atoms with E-state index in [9.17, 15) is 10.1 Å². The number of hydrogen-bond donors (Lipinski definition) is 0. The summed E-state index contributed by atoms with van der Waals surface area (Å²) < 4.78 is 0. The maximum absolute atomic E-state index is 10.6. The molecule has 0 unspecified atom stereocenters. The molecule has 14 heavy (non-hydrogen) atoms.